The number of rotatable bonds is 5. The summed E-state index contributed by atoms with van der Waals surface area (Å²) in [5, 5.41) is 3.37. The number of aromatic nitrogens is 1. The molecule has 18 heavy (non-hydrogen) atoms. The van der Waals surface area contributed by atoms with Gasteiger partial charge in [0.2, 0.25) is 0 Å². The van der Waals surface area contributed by atoms with E-state index in [0.717, 1.165) is 17.0 Å². The van der Waals surface area contributed by atoms with Crippen molar-refractivity contribution in [1.82, 2.24) is 4.98 Å². The second-order valence-corrected chi connectivity index (χ2v) is 3.92. The number of para-hydroxylation sites is 2. The summed E-state index contributed by atoms with van der Waals surface area (Å²) in [6, 6.07) is 11.7. The third-order valence-corrected chi connectivity index (χ3v) is 2.76. The Kier molecular flexibility index (Phi) is 4.15. The van der Waals surface area contributed by atoms with Crippen LogP contribution in [0.4, 0.5) is 5.69 Å². The van der Waals surface area contributed by atoms with Gasteiger partial charge in [0.05, 0.1) is 18.8 Å². The predicted octanol–water partition coefficient (Wildman–Crippen LogP) is 2.20. The Labute approximate surface area is 107 Å². The van der Waals surface area contributed by atoms with E-state index in [0.29, 0.717) is 6.54 Å². The molecule has 1 aromatic heterocycles. The smallest absolute Gasteiger partial charge is 0.141 e. The van der Waals surface area contributed by atoms with Crippen LogP contribution in [0.1, 0.15) is 11.6 Å². The molecule has 1 aromatic carbocycles. The summed E-state index contributed by atoms with van der Waals surface area (Å²) in [5.74, 6) is 0.805. The van der Waals surface area contributed by atoms with E-state index in [2.05, 4.69) is 10.3 Å². The third kappa shape index (κ3) is 2.78. The van der Waals surface area contributed by atoms with Crippen molar-refractivity contribution < 1.29 is 4.74 Å². The van der Waals surface area contributed by atoms with Gasteiger partial charge in [-0.3, -0.25) is 4.98 Å². The lowest BCUT2D eigenvalue weighted by Crippen LogP contribution is -2.21. The Bertz CT molecular complexity index is 487. The quantitative estimate of drug-likeness (QED) is 0.845. The highest BCUT2D eigenvalue weighted by Crippen LogP contribution is 2.27. The number of benzene rings is 1. The lowest BCUT2D eigenvalue weighted by atomic mass is 10.1. The standard InChI is InChI=1S/C14H17N3O/c1-18-14-7-3-2-6-12(14)17-13(9-15)11-5-4-8-16-10-11/h2-8,10,13,17H,9,15H2,1H3. The van der Waals surface area contributed by atoms with Gasteiger partial charge in [0.25, 0.3) is 0 Å². The van der Waals surface area contributed by atoms with Crippen molar-refractivity contribution in [3.05, 3.63) is 54.4 Å². The normalized spacial score (nSPS) is 11.9. The van der Waals surface area contributed by atoms with Crippen molar-refractivity contribution in [2.75, 3.05) is 19.0 Å². The molecule has 1 atom stereocenters. The molecule has 0 aliphatic heterocycles. The average Bonchev–Trinajstić information content (AvgIpc) is 2.46. The van der Waals surface area contributed by atoms with Gasteiger partial charge < -0.3 is 15.8 Å². The van der Waals surface area contributed by atoms with Crippen LogP contribution in [0.25, 0.3) is 0 Å². The highest BCUT2D eigenvalue weighted by molar-refractivity contribution is 5.57. The third-order valence-electron chi connectivity index (χ3n) is 2.76. The van der Waals surface area contributed by atoms with E-state index in [1.54, 1.807) is 13.3 Å². The number of ether oxygens (including phenoxy) is 1. The number of pyridine rings is 1. The van der Waals surface area contributed by atoms with E-state index in [4.69, 9.17) is 10.5 Å². The van der Waals surface area contributed by atoms with Gasteiger partial charge in [-0.2, -0.15) is 0 Å². The Morgan fingerprint density at radius 1 is 1.28 bits per heavy atom. The first-order chi connectivity index (χ1) is 8.85. The molecule has 0 aliphatic carbocycles. The van der Waals surface area contributed by atoms with E-state index >= 15 is 0 Å². The molecule has 0 fully saturated rings. The fraction of sp³-hybridized carbons (Fsp3) is 0.214. The Hall–Kier alpha value is -2.07. The first-order valence-corrected chi connectivity index (χ1v) is 5.84. The first kappa shape index (κ1) is 12.4. The molecule has 0 saturated carbocycles. The number of nitrogens with one attached hydrogen (secondary N) is 1. The molecule has 2 rings (SSSR count). The largest absolute Gasteiger partial charge is 0.495 e. The van der Waals surface area contributed by atoms with Crippen molar-refractivity contribution in [2.24, 2.45) is 5.73 Å². The number of hydrogen-bond donors (Lipinski definition) is 2. The fourth-order valence-electron chi connectivity index (χ4n) is 1.81. The van der Waals surface area contributed by atoms with Gasteiger partial charge in [-0.1, -0.05) is 18.2 Å². The lowest BCUT2D eigenvalue weighted by Gasteiger charge is -2.19. The summed E-state index contributed by atoms with van der Waals surface area (Å²) in [6.07, 6.45) is 3.57. The van der Waals surface area contributed by atoms with Gasteiger partial charge >= 0.3 is 0 Å². The Morgan fingerprint density at radius 3 is 2.78 bits per heavy atom. The molecule has 0 radical (unpaired) electrons. The molecule has 94 valence electrons. The zero-order chi connectivity index (χ0) is 12.8. The number of nitrogens with two attached hydrogens (primary N) is 1. The minimum absolute atomic E-state index is 0.0231. The second-order valence-electron chi connectivity index (χ2n) is 3.92. The molecular weight excluding hydrogens is 226 g/mol. The maximum absolute atomic E-state index is 5.81. The zero-order valence-corrected chi connectivity index (χ0v) is 10.3. The minimum Gasteiger partial charge on any atom is -0.495 e. The van der Waals surface area contributed by atoms with Crippen LogP contribution in [0.5, 0.6) is 5.75 Å². The van der Waals surface area contributed by atoms with Crippen LogP contribution in [0, 0.1) is 0 Å². The van der Waals surface area contributed by atoms with Gasteiger partial charge in [-0.05, 0) is 23.8 Å². The van der Waals surface area contributed by atoms with E-state index in [9.17, 15) is 0 Å². The summed E-state index contributed by atoms with van der Waals surface area (Å²) in [6.45, 7) is 0.490. The minimum atomic E-state index is 0.0231. The van der Waals surface area contributed by atoms with Gasteiger partial charge in [0.1, 0.15) is 5.75 Å². The molecule has 1 unspecified atom stereocenters. The number of hydrogen-bond acceptors (Lipinski definition) is 4. The van der Waals surface area contributed by atoms with Crippen LogP contribution in [0.15, 0.2) is 48.8 Å². The topological polar surface area (TPSA) is 60.2 Å². The summed E-state index contributed by atoms with van der Waals surface area (Å²) < 4.78 is 5.31. The molecule has 3 N–H and O–H groups in total. The van der Waals surface area contributed by atoms with E-state index in [1.807, 2.05) is 42.6 Å². The van der Waals surface area contributed by atoms with Crippen LogP contribution in [-0.4, -0.2) is 18.6 Å². The molecule has 1 heterocycles. The van der Waals surface area contributed by atoms with Crippen molar-refractivity contribution in [1.29, 1.82) is 0 Å². The van der Waals surface area contributed by atoms with Gasteiger partial charge in [-0.15, -0.1) is 0 Å². The maximum atomic E-state index is 5.81. The SMILES string of the molecule is COc1ccccc1NC(CN)c1cccnc1. The zero-order valence-electron chi connectivity index (χ0n) is 10.3. The summed E-state index contributed by atoms with van der Waals surface area (Å²) in [7, 11) is 1.65. The van der Waals surface area contributed by atoms with Crippen LogP contribution in [-0.2, 0) is 0 Å². The molecule has 0 bridgehead atoms. The molecule has 0 aliphatic rings. The monoisotopic (exact) mass is 243 g/mol. The summed E-state index contributed by atoms with van der Waals surface area (Å²) in [4.78, 5) is 4.11. The average molecular weight is 243 g/mol. The lowest BCUT2D eigenvalue weighted by molar-refractivity contribution is 0.416. The van der Waals surface area contributed by atoms with Crippen molar-refractivity contribution >= 4 is 5.69 Å². The van der Waals surface area contributed by atoms with Gasteiger partial charge in [-0.25, -0.2) is 0 Å². The van der Waals surface area contributed by atoms with Crippen molar-refractivity contribution in [3.8, 4) is 5.75 Å². The van der Waals surface area contributed by atoms with Gasteiger partial charge in [0.15, 0.2) is 0 Å². The van der Waals surface area contributed by atoms with Crippen LogP contribution < -0.4 is 15.8 Å². The summed E-state index contributed by atoms with van der Waals surface area (Å²) in [5.41, 5.74) is 7.80. The fourth-order valence-corrected chi connectivity index (χ4v) is 1.81. The molecule has 0 spiro atoms. The Balaban J connectivity index is 2.21. The maximum Gasteiger partial charge on any atom is 0.141 e. The number of anilines is 1. The molecule has 2 aromatic rings. The van der Waals surface area contributed by atoms with Crippen molar-refractivity contribution in [3.63, 3.8) is 0 Å². The first-order valence-electron chi connectivity index (χ1n) is 5.84. The highest BCUT2D eigenvalue weighted by Gasteiger charge is 2.11. The molecule has 4 nitrogen and oxygen atoms in total. The predicted molar refractivity (Wildman–Crippen MR) is 72.6 cm³/mol. The van der Waals surface area contributed by atoms with E-state index < -0.39 is 0 Å². The number of methoxy groups -OCH3 is 1. The molecule has 4 heteroatoms. The van der Waals surface area contributed by atoms with Gasteiger partial charge in [0, 0.05) is 18.9 Å². The number of nitrogens with zero attached hydrogens (tertiary/aromatic N) is 1. The van der Waals surface area contributed by atoms with Crippen molar-refractivity contribution in [2.45, 2.75) is 6.04 Å². The second kappa shape index (κ2) is 6.02. The van der Waals surface area contributed by atoms with Crippen LogP contribution >= 0.6 is 0 Å². The molecule has 0 saturated heterocycles. The highest BCUT2D eigenvalue weighted by atomic mass is 16.5. The van der Waals surface area contributed by atoms with Crippen LogP contribution in [0.3, 0.4) is 0 Å². The Morgan fingerprint density at radius 2 is 2.11 bits per heavy atom. The van der Waals surface area contributed by atoms with Crippen LogP contribution in [0.2, 0.25) is 0 Å². The molecular formula is C14H17N3O. The van der Waals surface area contributed by atoms with E-state index in [1.165, 1.54) is 0 Å². The summed E-state index contributed by atoms with van der Waals surface area (Å²) >= 11 is 0. The van der Waals surface area contributed by atoms with E-state index in [-0.39, 0.29) is 6.04 Å². The molecule has 0 amide bonds.